The molecule has 82 valence electrons. The number of hydrogen-bond donors (Lipinski definition) is 1. The number of hydrogen-bond acceptors (Lipinski definition) is 3. The molecule has 2 aromatic rings. The molecule has 1 N–H and O–H groups in total. The molecule has 2 rings (SSSR count). The summed E-state index contributed by atoms with van der Waals surface area (Å²) in [7, 11) is 1.79. The zero-order valence-corrected chi connectivity index (χ0v) is 10.0. The summed E-state index contributed by atoms with van der Waals surface area (Å²) < 4.78 is 0. The van der Waals surface area contributed by atoms with E-state index < -0.39 is 0 Å². The Kier molecular flexibility index (Phi) is 3.27. The van der Waals surface area contributed by atoms with E-state index in [4.69, 9.17) is 23.2 Å². The highest BCUT2D eigenvalue weighted by molar-refractivity contribution is 6.36. The summed E-state index contributed by atoms with van der Waals surface area (Å²) >= 11 is 12.0. The largest absolute Gasteiger partial charge is 0.371 e. The molecule has 1 heterocycles. The molecule has 16 heavy (non-hydrogen) atoms. The van der Waals surface area contributed by atoms with Gasteiger partial charge in [-0.05, 0) is 18.2 Å². The summed E-state index contributed by atoms with van der Waals surface area (Å²) in [5.74, 6) is 0.687. The molecule has 0 aliphatic rings. The molecule has 5 heteroatoms. The third-order valence-corrected chi connectivity index (χ3v) is 2.67. The molecule has 0 radical (unpaired) electrons. The quantitative estimate of drug-likeness (QED) is 0.891. The molecule has 0 saturated carbocycles. The van der Waals surface area contributed by atoms with E-state index in [1.807, 2.05) is 6.07 Å². The van der Waals surface area contributed by atoms with Gasteiger partial charge >= 0.3 is 0 Å². The maximum absolute atomic E-state index is 6.11. The second-order valence-corrected chi connectivity index (χ2v) is 3.97. The Bertz CT molecular complexity index is 514. The van der Waals surface area contributed by atoms with Gasteiger partial charge in [0.25, 0.3) is 0 Å². The van der Waals surface area contributed by atoms with Gasteiger partial charge < -0.3 is 5.32 Å². The van der Waals surface area contributed by atoms with Crippen LogP contribution in [0, 0.1) is 0 Å². The van der Waals surface area contributed by atoms with Crippen LogP contribution < -0.4 is 5.32 Å². The van der Waals surface area contributed by atoms with Gasteiger partial charge in [-0.1, -0.05) is 23.2 Å². The molecule has 0 atom stereocenters. The van der Waals surface area contributed by atoms with Crippen molar-refractivity contribution in [3.05, 3.63) is 40.6 Å². The number of benzene rings is 1. The summed E-state index contributed by atoms with van der Waals surface area (Å²) in [6.45, 7) is 0. The molecule has 0 spiro atoms. The number of nitrogens with one attached hydrogen (secondary N) is 1. The van der Waals surface area contributed by atoms with Gasteiger partial charge in [-0.3, -0.25) is 4.98 Å². The number of aromatic nitrogens is 2. The molecule has 3 nitrogen and oxygen atoms in total. The fraction of sp³-hybridized carbons (Fsp3) is 0.0909. The van der Waals surface area contributed by atoms with Crippen LogP contribution in [0.1, 0.15) is 0 Å². The van der Waals surface area contributed by atoms with Gasteiger partial charge in [0, 0.05) is 30.0 Å². The molecule has 0 fully saturated rings. The number of halogens is 2. The van der Waals surface area contributed by atoms with Crippen LogP contribution >= 0.6 is 23.2 Å². The molecule has 1 aromatic heterocycles. The van der Waals surface area contributed by atoms with Crippen LogP contribution in [0.25, 0.3) is 11.3 Å². The van der Waals surface area contributed by atoms with Crippen molar-refractivity contribution < 1.29 is 0 Å². The van der Waals surface area contributed by atoms with Crippen molar-refractivity contribution >= 4 is 29.0 Å². The third kappa shape index (κ3) is 2.10. The van der Waals surface area contributed by atoms with Crippen LogP contribution in [-0.2, 0) is 0 Å². The van der Waals surface area contributed by atoms with Crippen LogP contribution in [0.3, 0.4) is 0 Å². The smallest absolute Gasteiger partial charge is 0.152 e. The van der Waals surface area contributed by atoms with Crippen molar-refractivity contribution in [2.75, 3.05) is 12.4 Å². The Morgan fingerprint density at radius 3 is 2.56 bits per heavy atom. The Morgan fingerprint density at radius 1 is 1.12 bits per heavy atom. The molecule has 0 amide bonds. The maximum Gasteiger partial charge on any atom is 0.152 e. The van der Waals surface area contributed by atoms with Gasteiger partial charge in [0.1, 0.15) is 5.69 Å². The zero-order chi connectivity index (χ0) is 11.5. The molecular formula is C11H9Cl2N3. The predicted octanol–water partition coefficient (Wildman–Crippen LogP) is 3.49. The van der Waals surface area contributed by atoms with E-state index in [0.29, 0.717) is 21.6 Å². The topological polar surface area (TPSA) is 37.8 Å². The van der Waals surface area contributed by atoms with Gasteiger partial charge in [-0.2, -0.15) is 0 Å². The fourth-order valence-electron chi connectivity index (χ4n) is 1.40. The zero-order valence-electron chi connectivity index (χ0n) is 8.54. The Balaban J connectivity index is 2.58. The minimum absolute atomic E-state index is 0.560. The number of anilines is 1. The molecular weight excluding hydrogens is 245 g/mol. The van der Waals surface area contributed by atoms with Crippen molar-refractivity contribution in [3.63, 3.8) is 0 Å². The summed E-state index contributed by atoms with van der Waals surface area (Å²) in [5, 5.41) is 4.13. The lowest BCUT2D eigenvalue weighted by Gasteiger charge is -2.08. The summed E-state index contributed by atoms with van der Waals surface area (Å²) in [4.78, 5) is 8.43. The van der Waals surface area contributed by atoms with E-state index in [1.54, 1.807) is 31.6 Å². The monoisotopic (exact) mass is 253 g/mol. The predicted molar refractivity (Wildman–Crippen MR) is 67.0 cm³/mol. The van der Waals surface area contributed by atoms with Gasteiger partial charge in [0.05, 0.1) is 5.02 Å². The minimum Gasteiger partial charge on any atom is -0.371 e. The lowest BCUT2D eigenvalue weighted by atomic mass is 10.1. The van der Waals surface area contributed by atoms with Crippen molar-refractivity contribution in [1.82, 2.24) is 9.97 Å². The van der Waals surface area contributed by atoms with Crippen LogP contribution in [0.4, 0.5) is 5.82 Å². The lowest BCUT2D eigenvalue weighted by Crippen LogP contribution is -1.97. The molecule has 1 aromatic carbocycles. The second kappa shape index (κ2) is 4.68. The molecule has 0 unspecified atom stereocenters. The van der Waals surface area contributed by atoms with Crippen molar-refractivity contribution in [2.24, 2.45) is 0 Å². The normalized spacial score (nSPS) is 10.2. The minimum atomic E-state index is 0.560. The first-order chi connectivity index (χ1) is 7.72. The van der Waals surface area contributed by atoms with Crippen LogP contribution in [0.15, 0.2) is 30.6 Å². The van der Waals surface area contributed by atoms with Crippen LogP contribution in [-0.4, -0.2) is 17.0 Å². The molecule has 0 aliphatic heterocycles. The van der Waals surface area contributed by atoms with E-state index in [1.165, 1.54) is 0 Å². The third-order valence-electron chi connectivity index (χ3n) is 2.12. The molecule has 0 aliphatic carbocycles. The Morgan fingerprint density at radius 2 is 1.88 bits per heavy atom. The SMILES string of the molecule is CNc1nccnc1-c1ccc(Cl)cc1Cl. The number of rotatable bonds is 2. The van der Waals surface area contributed by atoms with Crippen molar-refractivity contribution in [3.8, 4) is 11.3 Å². The first-order valence-electron chi connectivity index (χ1n) is 4.66. The summed E-state index contributed by atoms with van der Waals surface area (Å²) in [5.41, 5.74) is 1.52. The van der Waals surface area contributed by atoms with E-state index >= 15 is 0 Å². The first-order valence-corrected chi connectivity index (χ1v) is 5.42. The Hall–Kier alpha value is -1.32. The highest BCUT2D eigenvalue weighted by atomic mass is 35.5. The van der Waals surface area contributed by atoms with E-state index in [0.717, 1.165) is 5.56 Å². The summed E-state index contributed by atoms with van der Waals surface area (Å²) in [6.07, 6.45) is 3.25. The standard InChI is InChI=1S/C11H9Cl2N3/c1-14-11-10(15-4-5-16-11)8-3-2-7(12)6-9(8)13/h2-6H,1H3,(H,14,16). The lowest BCUT2D eigenvalue weighted by molar-refractivity contribution is 1.19. The second-order valence-electron chi connectivity index (χ2n) is 3.13. The Labute approximate surface area is 103 Å². The van der Waals surface area contributed by atoms with Crippen molar-refractivity contribution in [1.29, 1.82) is 0 Å². The highest BCUT2D eigenvalue weighted by Gasteiger charge is 2.10. The molecule has 0 bridgehead atoms. The van der Waals surface area contributed by atoms with Gasteiger partial charge in [0.2, 0.25) is 0 Å². The van der Waals surface area contributed by atoms with E-state index in [2.05, 4.69) is 15.3 Å². The van der Waals surface area contributed by atoms with E-state index in [-0.39, 0.29) is 0 Å². The van der Waals surface area contributed by atoms with Gasteiger partial charge in [0.15, 0.2) is 5.82 Å². The maximum atomic E-state index is 6.11. The van der Waals surface area contributed by atoms with Crippen LogP contribution in [0.5, 0.6) is 0 Å². The average molecular weight is 254 g/mol. The fourth-order valence-corrected chi connectivity index (χ4v) is 1.90. The molecule has 0 saturated heterocycles. The average Bonchev–Trinajstić information content (AvgIpc) is 2.29. The van der Waals surface area contributed by atoms with Gasteiger partial charge in [-0.15, -0.1) is 0 Å². The van der Waals surface area contributed by atoms with Crippen LogP contribution in [0.2, 0.25) is 10.0 Å². The summed E-state index contributed by atoms with van der Waals surface area (Å²) in [6, 6.07) is 5.29. The van der Waals surface area contributed by atoms with Crippen molar-refractivity contribution in [2.45, 2.75) is 0 Å². The number of nitrogens with zero attached hydrogens (tertiary/aromatic N) is 2. The van der Waals surface area contributed by atoms with Gasteiger partial charge in [-0.25, -0.2) is 4.98 Å². The first kappa shape index (κ1) is 11.2. The highest BCUT2D eigenvalue weighted by Crippen LogP contribution is 2.31. The van der Waals surface area contributed by atoms with E-state index in [9.17, 15) is 0 Å².